The monoisotopic (exact) mass is 227 g/mol. The van der Waals surface area contributed by atoms with E-state index in [2.05, 4.69) is 17.1 Å². The van der Waals surface area contributed by atoms with E-state index in [-0.39, 0.29) is 5.91 Å². The Bertz CT molecular complexity index is 200. The van der Waals surface area contributed by atoms with Crippen LogP contribution in [0.15, 0.2) is 0 Å². The molecule has 0 spiro atoms. The summed E-state index contributed by atoms with van der Waals surface area (Å²) in [5.74, 6) is 0.758. The van der Waals surface area contributed by atoms with Crippen molar-refractivity contribution in [1.29, 1.82) is 0 Å². The van der Waals surface area contributed by atoms with Crippen molar-refractivity contribution in [3.8, 4) is 0 Å². The highest BCUT2D eigenvalue weighted by atomic mass is 16.1. The van der Waals surface area contributed by atoms with Crippen LogP contribution in [0.4, 0.5) is 0 Å². The van der Waals surface area contributed by atoms with Gasteiger partial charge >= 0.3 is 0 Å². The molecule has 0 saturated carbocycles. The maximum Gasteiger partial charge on any atom is 0.221 e. The standard InChI is InChI=1S/C12H25N3O/c1-2-7-15-8-4-11(5-9-15)10-14-12(16)3-6-13/h11H,2-10,13H2,1H3,(H,14,16). The van der Waals surface area contributed by atoms with E-state index in [4.69, 9.17) is 5.73 Å². The molecule has 0 aromatic rings. The average molecular weight is 227 g/mol. The third-order valence-electron chi connectivity index (χ3n) is 3.21. The van der Waals surface area contributed by atoms with E-state index >= 15 is 0 Å². The third-order valence-corrected chi connectivity index (χ3v) is 3.21. The molecule has 0 atom stereocenters. The number of nitrogens with zero attached hydrogens (tertiary/aromatic N) is 1. The van der Waals surface area contributed by atoms with Crippen molar-refractivity contribution in [2.24, 2.45) is 11.7 Å². The summed E-state index contributed by atoms with van der Waals surface area (Å²) in [6.45, 7) is 7.08. The van der Waals surface area contributed by atoms with E-state index < -0.39 is 0 Å². The van der Waals surface area contributed by atoms with Gasteiger partial charge in [-0.25, -0.2) is 0 Å². The van der Waals surface area contributed by atoms with Crippen molar-refractivity contribution in [2.45, 2.75) is 32.6 Å². The molecular formula is C12H25N3O. The van der Waals surface area contributed by atoms with E-state index in [0.717, 1.165) is 6.54 Å². The lowest BCUT2D eigenvalue weighted by atomic mass is 9.96. The van der Waals surface area contributed by atoms with Crippen LogP contribution in [0.1, 0.15) is 32.6 Å². The summed E-state index contributed by atoms with van der Waals surface area (Å²) in [6.07, 6.45) is 4.11. The molecular weight excluding hydrogens is 202 g/mol. The molecule has 1 saturated heterocycles. The molecule has 4 nitrogen and oxygen atoms in total. The summed E-state index contributed by atoms with van der Waals surface area (Å²) in [5.41, 5.74) is 5.32. The number of likely N-dealkylation sites (tertiary alicyclic amines) is 1. The van der Waals surface area contributed by atoms with Crippen LogP contribution >= 0.6 is 0 Å². The van der Waals surface area contributed by atoms with Gasteiger partial charge in [0, 0.05) is 19.5 Å². The Hall–Kier alpha value is -0.610. The molecule has 1 rings (SSSR count). The summed E-state index contributed by atoms with van der Waals surface area (Å²) in [7, 11) is 0. The quantitative estimate of drug-likeness (QED) is 0.697. The lowest BCUT2D eigenvalue weighted by Gasteiger charge is -2.31. The molecule has 16 heavy (non-hydrogen) atoms. The maximum atomic E-state index is 11.3. The van der Waals surface area contributed by atoms with Gasteiger partial charge in [-0.1, -0.05) is 6.92 Å². The molecule has 4 heteroatoms. The Labute approximate surface area is 98.6 Å². The van der Waals surface area contributed by atoms with Crippen LogP contribution in [0.3, 0.4) is 0 Å². The van der Waals surface area contributed by atoms with Crippen LogP contribution in [-0.4, -0.2) is 43.5 Å². The van der Waals surface area contributed by atoms with Gasteiger partial charge in [-0.2, -0.15) is 0 Å². The van der Waals surface area contributed by atoms with Gasteiger partial charge in [0.05, 0.1) is 0 Å². The fourth-order valence-electron chi connectivity index (χ4n) is 2.21. The molecule has 1 fully saturated rings. The summed E-state index contributed by atoms with van der Waals surface area (Å²) < 4.78 is 0. The first kappa shape index (κ1) is 13.5. The van der Waals surface area contributed by atoms with E-state index in [1.165, 1.54) is 38.9 Å². The number of nitrogens with one attached hydrogen (secondary N) is 1. The van der Waals surface area contributed by atoms with Crippen molar-refractivity contribution in [1.82, 2.24) is 10.2 Å². The second-order valence-electron chi connectivity index (χ2n) is 4.63. The van der Waals surface area contributed by atoms with Gasteiger partial charge in [0.1, 0.15) is 0 Å². The fraction of sp³-hybridized carbons (Fsp3) is 0.917. The maximum absolute atomic E-state index is 11.3. The minimum atomic E-state index is 0.0958. The Balaban J connectivity index is 2.10. The number of hydrogen-bond acceptors (Lipinski definition) is 3. The first-order valence-corrected chi connectivity index (χ1v) is 6.45. The predicted molar refractivity (Wildman–Crippen MR) is 66.1 cm³/mol. The molecule has 1 amide bonds. The highest BCUT2D eigenvalue weighted by Gasteiger charge is 2.18. The molecule has 3 N–H and O–H groups in total. The largest absolute Gasteiger partial charge is 0.356 e. The Kier molecular flexibility index (Phi) is 6.42. The summed E-state index contributed by atoms with van der Waals surface area (Å²) in [4.78, 5) is 13.8. The predicted octanol–water partition coefficient (Wildman–Crippen LogP) is 0.573. The summed E-state index contributed by atoms with van der Waals surface area (Å²) in [5, 5.41) is 2.96. The van der Waals surface area contributed by atoms with Gasteiger partial charge < -0.3 is 16.0 Å². The molecule has 94 valence electrons. The number of carbonyl (C=O) groups is 1. The molecule has 0 unspecified atom stereocenters. The zero-order valence-corrected chi connectivity index (χ0v) is 10.4. The summed E-state index contributed by atoms with van der Waals surface area (Å²) >= 11 is 0. The van der Waals surface area contributed by atoms with E-state index in [1.807, 2.05) is 0 Å². The van der Waals surface area contributed by atoms with Crippen LogP contribution in [0.25, 0.3) is 0 Å². The van der Waals surface area contributed by atoms with Crippen molar-refractivity contribution in [2.75, 3.05) is 32.7 Å². The average Bonchev–Trinajstić information content (AvgIpc) is 2.29. The second-order valence-corrected chi connectivity index (χ2v) is 4.63. The number of carbonyl (C=O) groups excluding carboxylic acids is 1. The molecule has 1 aliphatic heterocycles. The Morgan fingerprint density at radius 2 is 2.12 bits per heavy atom. The normalized spacial score (nSPS) is 18.6. The van der Waals surface area contributed by atoms with Crippen molar-refractivity contribution in [3.05, 3.63) is 0 Å². The van der Waals surface area contributed by atoms with E-state index in [1.54, 1.807) is 0 Å². The molecule has 0 radical (unpaired) electrons. The van der Waals surface area contributed by atoms with Crippen molar-refractivity contribution < 1.29 is 4.79 Å². The minimum Gasteiger partial charge on any atom is -0.356 e. The zero-order chi connectivity index (χ0) is 11.8. The zero-order valence-electron chi connectivity index (χ0n) is 10.4. The van der Waals surface area contributed by atoms with Crippen molar-refractivity contribution in [3.63, 3.8) is 0 Å². The molecule has 0 aromatic carbocycles. The van der Waals surface area contributed by atoms with Crippen LogP contribution < -0.4 is 11.1 Å². The van der Waals surface area contributed by atoms with Crippen LogP contribution in [0.2, 0.25) is 0 Å². The first-order valence-electron chi connectivity index (χ1n) is 6.45. The third kappa shape index (κ3) is 4.94. The topological polar surface area (TPSA) is 58.4 Å². The van der Waals surface area contributed by atoms with Crippen LogP contribution in [0.5, 0.6) is 0 Å². The van der Waals surface area contributed by atoms with E-state index in [9.17, 15) is 4.79 Å². The van der Waals surface area contributed by atoms with Gasteiger partial charge in [-0.3, -0.25) is 4.79 Å². The molecule has 1 aliphatic rings. The summed E-state index contributed by atoms with van der Waals surface area (Å²) in [6, 6.07) is 0. The fourth-order valence-corrected chi connectivity index (χ4v) is 2.21. The smallest absolute Gasteiger partial charge is 0.221 e. The molecule has 0 aromatic heterocycles. The Morgan fingerprint density at radius 3 is 2.69 bits per heavy atom. The van der Waals surface area contributed by atoms with Gasteiger partial charge in [0.25, 0.3) is 0 Å². The highest BCUT2D eigenvalue weighted by Crippen LogP contribution is 2.16. The van der Waals surface area contributed by atoms with Gasteiger partial charge in [-0.15, -0.1) is 0 Å². The lowest BCUT2D eigenvalue weighted by Crippen LogP contribution is -2.39. The Morgan fingerprint density at radius 1 is 1.44 bits per heavy atom. The van der Waals surface area contributed by atoms with Crippen molar-refractivity contribution >= 4 is 5.91 Å². The lowest BCUT2D eigenvalue weighted by molar-refractivity contribution is -0.121. The highest BCUT2D eigenvalue weighted by molar-refractivity contribution is 5.75. The number of amides is 1. The first-order chi connectivity index (χ1) is 7.76. The van der Waals surface area contributed by atoms with E-state index in [0.29, 0.717) is 18.9 Å². The molecule has 0 aliphatic carbocycles. The number of rotatable bonds is 6. The minimum absolute atomic E-state index is 0.0958. The number of piperidine rings is 1. The van der Waals surface area contributed by atoms with Gasteiger partial charge in [-0.05, 0) is 44.8 Å². The molecule has 1 heterocycles. The second kappa shape index (κ2) is 7.63. The molecule has 0 bridgehead atoms. The van der Waals surface area contributed by atoms with Gasteiger partial charge in [0.2, 0.25) is 5.91 Å². The van der Waals surface area contributed by atoms with Crippen LogP contribution in [-0.2, 0) is 4.79 Å². The number of nitrogens with two attached hydrogens (primary N) is 1. The van der Waals surface area contributed by atoms with Gasteiger partial charge in [0.15, 0.2) is 0 Å². The SMILES string of the molecule is CCCN1CCC(CNC(=O)CCN)CC1. The number of hydrogen-bond donors (Lipinski definition) is 2. The van der Waals surface area contributed by atoms with Crippen LogP contribution in [0, 0.1) is 5.92 Å².